The highest BCUT2D eigenvalue weighted by atomic mass is 35.5. The Balaban J connectivity index is 2.43. The molecule has 0 amide bonds. The number of non-ortho nitro benzene ring substituents is 1. The Bertz CT molecular complexity index is 701. The number of nitro groups is 1. The number of benzene rings is 1. The predicted octanol–water partition coefficient (Wildman–Crippen LogP) is 4.37. The zero-order chi connectivity index (χ0) is 13.8. The molecule has 94 valence electrons. The summed E-state index contributed by atoms with van der Waals surface area (Å²) in [6.07, 6.45) is 1.66. The molecule has 1 aromatic heterocycles. The van der Waals surface area contributed by atoms with Crippen LogP contribution in [0, 0.1) is 21.4 Å². The van der Waals surface area contributed by atoms with Gasteiger partial charge in [-0.15, -0.1) is 11.3 Å². The van der Waals surface area contributed by atoms with E-state index in [0.29, 0.717) is 15.5 Å². The number of hydrogen-bond acceptors (Lipinski definition) is 4. The molecule has 19 heavy (non-hydrogen) atoms. The van der Waals surface area contributed by atoms with E-state index >= 15 is 0 Å². The van der Waals surface area contributed by atoms with Gasteiger partial charge in [0.25, 0.3) is 5.69 Å². The fraction of sp³-hybridized carbons (Fsp3) is 0. The Morgan fingerprint density at radius 1 is 1.42 bits per heavy atom. The van der Waals surface area contributed by atoms with Crippen molar-refractivity contribution in [2.75, 3.05) is 0 Å². The van der Waals surface area contributed by atoms with Crippen molar-refractivity contribution < 1.29 is 4.92 Å². The molecule has 1 aromatic carbocycles. The van der Waals surface area contributed by atoms with Crippen molar-refractivity contribution in [2.24, 2.45) is 0 Å². The van der Waals surface area contributed by atoms with Crippen LogP contribution < -0.4 is 0 Å². The van der Waals surface area contributed by atoms with E-state index in [4.69, 9.17) is 16.9 Å². The van der Waals surface area contributed by atoms with E-state index in [1.54, 1.807) is 30.3 Å². The van der Waals surface area contributed by atoms with Gasteiger partial charge in [0.05, 0.1) is 20.9 Å². The second kappa shape index (κ2) is 5.65. The summed E-state index contributed by atoms with van der Waals surface area (Å²) in [5, 5.41) is 19.9. The van der Waals surface area contributed by atoms with Gasteiger partial charge in [0.2, 0.25) is 0 Å². The summed E-state index contributed by atoms with van der Waals surface area (Å²) in [6, 6.07) is 11.6. The fourth-order valence-corrected chi connectivity index (χ4v) is 2.52. The molecule has 6 heteroatoms. The lowest BCUT2D eigenvalue weighted by Gasteiger charge is -1.98. The number of hydrogen-bond donors (Lipinski definition) is 0. The third-order valence-corrected chi connectivity index (χ3v) is 3.55. The van der Waals surface area contributed by atoms with E-state index in [1.165, 1.54) is 23.5 Å². The van der Waals surface area contributed by atoms with Crippen LogP contribution >= 0.6 is 22.9 Å². The van der Waals surface area contributed by atoms with E-state index in [1.807, 2.05) is 6.07 Å². The van der Waals surface area contributed by atoms with Gasteiger partial charge in [-0.1, -0.05) is 23.7 Å². The zero-order valence-electron chi connectivity index (χ0n) is 9.54. The first-order chi connectivity index (χ1) is 9.10. The molecule has 0 atom stereocenters. The maximum Gasteiger partial charge on any atom is 0.270 e. The van der Waals surface area contributed by atoms with Gasteiger partial charge in [-0.25, -0.2) is 0 Å². The largest absolute Gasteiger partial charge is 0.270 e. The molecule has 0 fully saturated rings. The maximum absolute atomic E-state index is 10.7. The van der Waals surface area contributed by atoms with Crippen molar-refractivity contribution in [3.63, 3.8) is 0 Å². The van der Waals surface area contributed by atoms with Crippen LogP contribution in [-0.4, -0.2) is 4.92 Å². The van der Waals surface area contributed by atoms with Crippen LogP contribution in [0.1, 0.15) is 10.4 Å². The molecule has 2 aromatic rings. The second-order valence-electron chi connectivity index (χ2n) is 3.62. The van der Waals surface area contributed by atoms with Gasteiger partial charge >= 0.3 is 0 Å². The summed E-state index contributed by atoms with van der Waals surface area (Å²) >= 11 is 7.16. The highest BCUT2D eigenvalue weighted by Crippen LogP contribution is 2.27. The standard InChI is InChI=1S/C13H7ClN2O2S/c14-13-5-4-12(19-13)7-10(8-15)9-2-1-3-11(6-9)16(17)18/h1-7H/b10-7-. The third-order valence-electron chi connectivity index (χ3n) is 2.37. The van der Waals surface area contributed by atoms with Crippen LogP contribution in [0.2, 0.25) is 4.34 Å². The van der Waals surface area contributed by atoms with Gasteiger partial charge in [-0.05, 0) is 23.8 Å². The lowest BCUT2D eigenvalue weighted by molar-refractivity contribution is -0.384. The molecule has 2 rings (SSSR count). The highest BCUT2D eigenvalue weighted by molar-refractivity contribution is 7.17. The molecule has 0 aliphatic carbocycles. The second-order valence-corrected chi connectivity index (χ2v) is 5.37. The monoisotopic (exact) mass is 290 g/mol. The Morgan fingerprint density at radius 3 is 2.79 bits per heavy atom. The first kappa shape index (κ1) is 13.3. The summed E-state index contributed by atoms with van der Waals surface area (Å²) < 4.78 is 0.627. The molecule has 0 aliphatic heterocycles. The van der Waals surface area contributed by atoms with Gasteiger partial charge < -0.3 is 0 Å². The summed E-state index contributed by atoms with van der Waals surface area (Å²) in [5.41, 5.74) is 0.839. The molecule has 0 N–H and O–H groups in total. The predicted molar refractivity (Wildman–Crippen MR) is 75.9 cm³/mol. The van der Waals surface area contributed by atoms with Crippen molar-refractivity contribution in [3.05, 3.63) is 61.3 Å². The minimum absolute atomic E-state index is 0.0390. The number of rotatable bonds is 3. The van der Waals surface area contributed by atoms with Crippen LogP contribution in [0.15, 0.2) is 36.4 Å². The molecule has 4 nitrogen and oxygen atoms in total. The van der Waals surface area contributed by atoms with Crippen molar-refractivity contribution in [3.8, 4) is 6.07 Å². The van der Waals surface area contributed by atoms with Crippen LogP contribution in [0.4, 0.5) is 5.69 Å². The smallest absolute Gasteiger partial charge is 0.258 e. The lowest BCUT2D eigenvalue weighted by atomic mass is 10.1. The van der Waals surface area contributed by atoms with E-state index in [9.17, 15) is 10.1 Å². The number of thiophene rings is 1. The van der Waals surface area contributed by atoms with Gasteiger partial charge in [0.1, 0.15) is 0 Å². The average molecular weight is 291 g/mol. The minimum Gasteiger partial charge on any atom is -0.258 e. The Hall–Kier alpha value is -2.16. The summed E-state index contributed by atoms with van der Waals surface area (Å²) in [4.78, 5) is 11.1. The van der Waals surface area contributed by atoms with E-state index < -0.39 is 4.92 Å². The van der Waals surface area contributed by atoms with Gasteiger partial charge in [0, 0.05) is 17.0 Å². The highest BCUT2D eigenvalue weighted by Gasteiger charge is 2.09. The van der Waals surface area contributed by atoms with Gasteiger partial charge in [-0.2, -0.15) is 5.26 Å². The molecule has 0 saturated carbocycles. The fourth-order valence-electron chi connectivity index (χ4n) is 1.52. The Morgan fingerprint density at radius 2 is 2.21 bits per heavy atom. The van der Waals surface area contributed by atoms with E-state index in [-0.39, 0.29) is 5.69 Å². The number of nitro benzene ring substituents is 1. The van der Waals surface area contributed by atoms with Crippen molar-refractivity contribution >= 4 is 40.3 Å². The number of allylic oxidation sites excluding steroid dienone is 1. The van der Waals surface area contributed by atoms with Gasteiger partial charge in [0.15, 0.2) is 0 Å². The van der Waals surface area contributed by atoms with Crippen molar-refractivity contribution in [1.82, 2.24) is 0 Å². The Labute approximate surface area is 118 Å². The summed E-state index contributed by atoms with van der Waals surface area (Å²) in [5.74, 6) is 0. The van der Waals surface area contributed by atoms with Crippen LogP contribution in [0.5, 0.6) is 0 Å². The summed E-state index contributed by atoms with van der Waals surface area (Å²) in [7, 11) is 0. The van der Waals surface area contributed by atoms with Crippen molar-refractivity contribution in [1.29, 1.82) is 5.26 Å². The Kier molecular flexibility index (Phi) is 3.95. The zero-order valence-corrected chi connectivity index (χ0v) is 11.1. The number of nitrogens with zero attached hydrogens (tertiary/aromatic N) is 2. The van der Waals surface area contributed by atoms with Crippen LogP contribution in [-0.2, 0) is 0 Å². The quantitative estimate of drug-likeness (QED) is 0.479. The molecule has 0 bridgehead atoms. The molecule has 0 saturated heterocycles. The molecule has 0 unspecified atom stereocenters. The normalized spacial score (nSPS) is 11.1. The average Bonchev–Trinajstić information content (AvgIpc) is 2.81. The first-order valence-electron chi connectivity index (χ1n) is 5.22. The minimum atomic E-state index is -0.486. The molecule has 0 radical (unpaired) electrons. The third kappa shape index (κ3) is 3.19. The molecular weight excluding hydrogens is 284 g/mol. The first-order valence-corrected chi connectivity index (χ1v) is 6.41. The lowest BCUT2D eigenvalue weighted by Crippen LogP contribution is -1.89. The van der Waals surface area contributed by atoms with Crippen molar-refractivity contribution in [2.45, 2.75) is 0 Å². The molecule has 0 aliphatic rings. The van der Waals surface area contributed by atoms with E-state index in [0.717, 1.165) is 4.88 Å². The topological polar surface area (TPSA) is 66.9 Å². The summed E-state index contributed by atoms with van der Waals surface area (Å²) in [6.45, 7) is 0. The van der Waals surface area contributed by atoms with Crippen LogP contribution in [0.3, 0.4) is 0 Å². The van der Waals surface area contributed by atoms with E-state index in [2.05, 4.69) is 0 Å². The number of halogens is 1. The SMILES string of the molecule is N#C/C(=C/c1ccc(Cl)s1)c1cccc([N+](=O)[O-])c1. The van der Waals surface area contributed by atoms with Crippen LogP contribution in [0.25, 0.3) is 11.6 Å². The number of nitriles is 1. The molecular formula is C13H7ClN2O2S. The molecule has 1 heterocycles. The molecule has 0 spiro atoms. The van der Waals surface area contributed by atoms with Gasteiger partial charge in [-0.3, -0.25) is 10.1 Å². The maximum atomic E-state index is 10.7.